The van der Waals surface area contributed by atoms with Crippen LogP contribution in [-0.4, -0.2) is 117 Å². The van der Waals surface area contributed by atoms with Crippen molar-refractivity contribution in [3.05, 3.63) is 76.3 Å². The molecule has 17 nitrogen and oxygen atoms in total. The number of amides is 3. The summed E-state index contributed by atoms with van der Waals surface area (Å²) in [6, 6.07) is 12.0. The lowest BCUT2D eigenvalue weighted by Gasteiger charge is -2.62. The highest BCUT2D eigenvalue weighted by Gasteiger charge is 2.55. The second-order valence-corrected chi connectivity index (χ2v) is 18.3. The molecule has 0 bridgehead atoms. The van der Waals surface area contributed by atoms with Crippen LogP contribution < -0.4 is 31.1 Å². The van der Waals surface area contributed by atoms with Crippen LogP contribution in [0.5, 0.6) is 11.5 Å². The van der Waals surface area contributed by atoms with E-state index < -0.39 is 11.8 Å². The van der Waals surface area contributed by atoms with Crippen molar-refractivity contribution in [1.29, 1.82) is 5.26 Å². The van der Waals surface area contributed by atoms with Crippen molar-refractivity contribution in [3.8, 4) is 17.6 Å². The number of aryl methyl sites for hydroxylation is 1. The molecule has 20 heteroatoms. The van der Waals surface area contributed by atoms with E-state index in [0.29, 0.717) is 58.9 Å². The zero-order chi connectivity index (χ0) is 45.1. The van der Waals surface area contributed by atoms with Gasteiger partial charge in [0.1, 0.15) is 23.2 Å². The number of nitrogens with two attached hydrogens (primary N) is 1. The van der Waals surface area contributed by atoms with Crippen LogP contribution in [0.1, 0.15) is 50.1 Å². The number of nitrogens with one attached hydrogen (secondary N) is 1. The molecule has 2 spiro atoms. The number of hydrogen-bond donors (Lipinski definition) is 4. The standard InChI is InChI=1S/C41H40F2N10O5.C3H9NOS/c1-49-33-14-34(30(43)13-27(33)37(48-49)52-9-6-35(54)47-39(52)56)51-20-40(21-51)15-23(16-40)50-10-7-41(8-11-50)17-24(19-57-41)53-22-46-32-5-2-25(12-26(32)38(53)55)58-36-28(18-44)31(45)4-3-29(36)42;1-4(6)2-3-5/h2-5,12-14,22-24H,6-11,15-17,19-21,45H2,1H3,(H,47,54,56);5-6H,2-3H2,1H3. The molecule has 6 heterocycles. The highest BCUT2D eigenvalue weighted by atomic mass is 32.1. The number of hydrogen-bond acceptors (Lipinski definition) is 14. The van der Waals surface area contributed by atoms with E-state index in [4.69, 9.17) is 20.3 Å². The van der Waals surface area contributed by atoms with Crippen molar-refractivity contribution in [2.75, 3.05) is 75.1 Å². The Hall–Kier alpha value is -5.85. The van der Waals surface area contributed by atoms with Gasteiger partial charge in [-0.25, -0.2) is 18.6 Å². The summed E-state index contributed by atoms with van der Waals surface area (Å²) in [5, 5.41) is 25.3. The van der Waals surface area contributed by atoms with Crippen molar-refractivity contribution in [3.63, 3.8) is 0 Å². The molecule has 1 aliphatic carbocycles. The smallest absolute Gasteiger partial charge is 0.329 e. The number of ether oxygens (including phenoxy) is 2. The van der Waals surface area contributed by atoms with E-state index >= 15 is 4.39 Å². The van der Waals surface area contributed by atoms with Crippen molar-refractivity contribution in [2.45, 2.75) is 56.2 Å². The van der Waals surface area contributed by atoms with Crippen LogP contribution in [0.15, 0.2) is 53.6 Å². The largest absolute Gasteiger partial charge is 0.453 e. The van der Waals surface area contributed by atoms with E-state index in [-0.39, 0.29) is 76.7 Å². The molecule has 0 radical (unpaired) electrons. The van der Waals surface area contributed by atoms with Gasteiger partial charge in [-0.1, -0.05) is 12.8 Å². The molecule has 1 atom stereocenters. The number of aromatic nitrogens is 4. The van der Waals surface area contributed by atoms with Gasteiger partial charge in [0.15, 0.2) is 17.4 Å². The lowest BCUT2D eigenvalue weighted by atomic mass is 9.59. The molecular formula is C44H49F2N11O6S. The van der Waals surface area contributed by atoms with Crippen LogP contribution in [0.3, 0.4) is 0 Å². The number of carbonyl (C=O) groups is 2. The van der Waals surface area contributed by atoms with E-state index in [1.807, 2.05) is 6.07 Å². The van der Waals surface area contributed by atoms with E-state index in [0.717, 1.165) is 57.9 Å². The maximum Gasteiger partial charge on any atom is 0.329 e. The number of carbonyl (C=O) groups excluding carboxylic acids is 2. The van der Waals surface area contributed by atoms with Gasteiger partial charge in [-0.15, -0.1) is 0 Å². The molecule has 2 aromatic heterocycles. The Kier molecular flexibility index (Phi) is 11.5. The zero-order valence-electron chi connectivity index (χ0n) is 35.5. The Morgan fingerprint density at radius 3 is 2.50 bits per heavy atom. The Morgan fingerprint density at radius 2 is 1.81 bits per heavy atom. The highest BCUT2D eigenvalue weighted by Crippen LogP contribution is 2.53. The summed E-state index contributed by atoms with van der Waals surface area (Å²) in [6.45, 7) is 4.73. The minimum atomic E-state index is -0.739. The number of halogens is 2. The summed E-state index contributed by atoms with van der Waals surface area (Å²) in [5.74, 6) is -1.22. The minimum Gasteiger partial charge on any atom is -0.453 e. The molecule has 64 heavy (non-hydrogen) atoms. The molecule has 10 rings (SSSR count). The van der Waals surface area contributed by atoms with Gasteiger partial charge in [0.25, 0.3) is 5.56 Å². The number of anilines is 3. The highest BCUT2D eigenvalue weighted by molar-refractivity contribution is 7.77. The summed E-state index contributed by atoms with van der Waals surface area (Å²) < 4.78 is 47.4. The fourth-order valence-electron chi connectivity index (χ4n) is 9.98. The molecule has 4 aliphatic heterocycles. The second-order valence-electron chi connectivity index (χ2n) is 17.6. The zero-order valence-corrected chi connectivity index (χ0v) is 36.4. The van der Waals surface area contributed by atoms with Crippen LogP contribution in [0, 0.1) is 28.4 Å². The number of thiol groups is 1. The average molecular weight is 898 g/mol. The molecule has 5 fully saturated rings. The first-order chi connectivity index (χ1) is 30.7. The lowest BCUT2D eigenvalue weighted by molar-refractivity contribution is -0.120. The molecule has 3 aromatic carbocycles. The number of nitrogens with zero attached hydrogens (tertiary/aromatic N) is 9. The third-order valence-electron chi connectivity index (χ3n) is 13.4. The van der Waals surface area contributed by atoms with Crippen LogP contribution in [0.4, 0.5) is 30.8 Å². The van der Waals surface area contributed by atoms with Gasteiger partial charge in [-0.3, -0.25) is 33.4 Å². The summed E-state index contributed by atoms with van der Waals surface area (Å²) in [4.78, 5) is 48.5. The van der Waals surface area contributed by atoms with Gasteiger partial charge in [0.2, 0.25) is 5.91 Å². The number of nitrogen functional groups attached to an aromatic ring is 1. The number of piperidine rings is 1. The SMILES string of the molecule is CN(S)CCO.Cn1nc(N2CCC(=O)NC2=O)c2cc(F)c(N3CC4(CC(N5CCC6(CC5)CC(n5cnc7ccc(Oc8c(F)ccc(N)c8C#N)cc7c5=O)CO6)C4)C3)cc21. The fourth-order valence-corrected chi connectivity index (χ4v) is 10.1. The Bertz CT molecular complexity index is 2750. The first-order valence-corrected chi connectivity index (χ1v) is 21.7. The first-order valence-electron chi connectivity index (χ1n) is 21.3. The second kappa shape index (κ2) is 16.9. The van der Waals surface area contributed by atoms with Gasteiger partial charge in [-0.2, -0.15) is 10.4 Å². The van der Waals surface area contributed by atoms with Gasteiger partial charge in [0, 0.05) is 69.6 Å². The van der Waals surface area contributed by atoms with Gasteiger partial charge >= 0.3 is 6.03 Å². The number of fused-ring (bicyclic) bond motifs is 2. The summed E-state index contributed by atoms with van der Waals surface area (Å²) in [5.41, 5.74) is 7.11. The van der Waals surface area contributed by atoms with Crippen LogP contribution >= 0.6 is 12.8 Å². The number of nitriles is 1. The fraction of sp³-hybridized carbons (Fsp3) is 0.455. The number of urea groups is 1. The summed E-state index contributed by atoms with van der Waals surface area (Å²) in [6.07, 6.45) is 6.22. The summed E-state index contributed by atoms with van der Waals surface area (Å²) >= 11 is 3.85. The number of aliphatic hydroxyl groups is 1. The Balaban J connectivity index is 0.000000810. The number of benzene rings is 3. The van der Waals surface area contributed by atoms with Crippen molar-refractivity contribution < 1.29 is 33.0 Å². The molecule has 4 N–H and O–H groups in total. The average Bonchev–Trinajstić information content (AvgIpc) is 3.79. The number of imide groups is 1. The molecule has 1 saturated carbocycles. The predicted octanol–water partition coefficient (Wildman–Crippen LogP) is 4.47. The maximum absolute atomic E-state index is 15.6. The van der Waals surface area contributed by atoms with Gasteiger partial charge in [-0.05, 0) is 81.6 Å². The minimum absolute atomic E-state index is 0.0884. The van der Waals surface area contributed by atoms with Crippen LogP contribution in [-0.2, 0) is 16.6 Å². The van der Waals surface area contributed by atoms with Crippen molar-refractivity contribution >= 4 is 63.8 Å². The topological polar surface area (TPSA) is 200 Å². The lowest BCUT2D eigenvalue weighted by Crippen LogP contribution is -2.67. The van der Waals surface area contributed by atoms with Crippen molar-refractivity contribution in [2.24, 2.45) is 12.5 Å². The molecular weight excluding hydrogens is 849 g/mol. The van der Waals surface area contributed by atoms with E-state index in [2.05, 4.69) is 38.0 Å². The van der Waals surface area contributed by atoms with Crippen LogP contribution in [0.25, 0.3) is 21.8 Å². The quantitative estimate of drug-likeness (QED) is 0.126. The number of rotatable bonds is 8. The third-order valence-corrected chi connectivity index (χ3v) is 13.6. The first kappa shape index (κ1) is 43.4. The Morgan fingerprint density at radius 1 is 1.05 bits per heavy atom. The molecule has 1 unspecified atom stereocenters. The van der Waals surface area contributed by atoms with Gasteiger partial charge < -0.3 is 30.1 Å². The molecule has 5 aromatic rings. The number of likely N-dealkylation sites (N-methyl/N-ethyl adjacent to an activating group) is 1. The Labute approximate surface area is 372 Å². The van der Waals surface area contributed by atoms with E-state index in [9.17, 15) is 24.0 Å². The maximum atomic E-state index is 15.6. The van der Waals surface area contributed by atoms with Gasteiger partial charge in [0.05, 0.1) is 59.0 Å². The number of aliphatic hydroxyl groups excluding tert-OH is 1. The van der Waals surface area contributed by atoms with Crippen molar-refractivity contribution in [1.82, 2.24) is 33.9 Å². The molecule has 4 saturated heterocycles. The molecule has 336 valence electrons. The molecule has 5 aliphatic rings. The summed E-state index contributed by atoms with van der Waals surface area (Å²) in [7, 11) is 3.56. The number of likely N-dealkylation sites (tertiary alicyclic amines) is 1. The predicted molar refractivity (Wildman–Crippen MR) is 237 cm³/mol. The van der Waals surface area contributed by atoms with Crippen LogP contribution in [0.2, 0.25) is 0 Å². The van der Waals surface area contributed by atoms with E-state index in [1.54, 1.807) is 52.2 Å². The normalized spacial score (nSPS) is 20.6. The van der Waals surface area contributed by atoms with E-state index in [1.165, 1.54) is 23.1 Å². The third kappa shape index (κ3) is 8.00. The monoisotopic (exact) mass is 897 g/mol. The molecule has 3 amide bonds.